The topological polar surface area (TPSA) is 80.7 Å². The van der Waals surface area contributed by atoms with Gasteiger partial charge < -0.3 is 9.84 Å². The smallest absolute Gasteiger partial charge is 0.330 e. The van der Waals surface area contributed by atoms with Crippen molar-refractivity contribution in [1.82, 2.24) is 0 Å². The molecule has 0 saturated carbocycles. The molecular weight excluding hydrogens is 332 g/mol. The molecule has 1 aliphatic heterocycles. The van der Waals surface area contributed by atoms with Crippen LogP contribution in [-0.4, -0.2) is 35.9 Å². The van der Waals surface area contributed by atoms with Crippen molar-refractivity contribution in [2.45, 2.75) is 96.8 Å². The molecule has 0 aromatic heterocycles. The number of ketones is 2. The number of carbonyl (C=O) groups excluding carboxylic acids is 3. The van der Waals surface area contributed by atoms with Crippen molar-refractivity contribution < 1.29 is 24.2 Å². The SMILES string of the molecule is CCCCCCCCCCCCCCCC(=O)[C@@]1(CO)C(=O)COC1=O. The number of unbranched alkanes of at least 4 members (excludes halogenated alkanes) is 12. The number of hydrogen-bond acceptors (Lipinski definition) is 5. The van der Waals surface area contributed by atoms with E-state index in [1.165, 1.54) is 57.8 Å². The Morgan fingerprint density at radius 3 is 1.73 bits per heavy atom. The molecule has 1 heterocycles. The molecule has 0 radical (unpaired) electrons. The Bertz CT molecular complexity index is 428. The molecule has 1 aliphatic rings. The van der Waals surface area contributed by atoms with Gasteiger partial charge in [-0.25, -0.2) is 0 Å². The van der Waals surface area contributed by atoms with E-state index in [2.05, 4.69) is 11.7 Å². The van der Waals surface area contributed by atoms with Crippen molar-refractivity contribution >= 4 is 17.5 Å². The van der Waals surface area contributed by atoms with Crippen LogP contribution < -0.4 is 0 Å². The quantitative estimate of drug-likeness (QED) is 0.251. The molecule has 0 unspecified atom stereocenters. The molecule has 0 spiro atoms. The van der Waals surface area contributed by atoms with E-state index in [1.54, 1.807) is 0 Å². The summed E-state index contributed by atoms with van der Waals surface area (Å²) in [6, 6.07) is 0. The highest BCUT2D eigenvalue weighted by molar-refractivity contribution is 6.25. The van der Waals surface area contributed by atoms with E-state index in [1.807, 2.05) is 0 Å². The highest BCUT2D eigenvalue weighted by atomic mass is 16.5. The molecule has 5 heteroatoms. The third kappa shape index (κ3) is 6.82. The molecule has 0 amide bonds. The zero-order chi connectivity index (χ0) is 19.3. The summed E-state index contributed by atoms with van der Waals surface area (Å²) >= 11 is 0. The minimum absolute atomic E-state index is 0.152. The van der Waals surface area contributed by atoms with Crippen molar-refractivity contribution in [3.05, 3.63) is 0 Å². The maximum absolute atomic E-state index is 12.2. The fourth-order valence-corrected chi connectivity index (χ4v) is 3.52. The van der Waals surface area contributed by atoms with E-state index in [0.29, 0.717) is 6.42 Å². The van der Waals surface area contributed by atoms with Crippen molar-refractivity contribution in [1.29, 1.82) is 0 Å². The largest absolute Gasteiger partial charge is 0.456 e. The molecule has 1 fully saturated rings. The number of ether oxygens (including phenoxy) is 1. The van der Waals surface area contributed by atoms with Gasteiger partial charge in [-0.15, -0.1) is 0 Å². The number of carbonyl (C=O) groups is 3. The standard InChI is InChI=1S/C21H36O5/c1-2-3-4-5-6-7-8-9-10-11-12-13-14-15-18(23)21(17-22)19(24)16-26-20(21)25/h22H,2-17H2,1H3/t21-/m0/s1. The first-order valence-corrected chi connectivity index (χ1v) is 10.4. The zero-order valence-electron chi connectivity index (χ0n) is 16.4. The average molecular weight is 369 g/mol. The maximum Gasteiger partial charge on any atom is 0.330 e. The third-order valence-corrected chi connectivity index (χ3v) is 5.38. The second kappa shape index (κ2) is 13.0. The molecule has 1 rings (SSSR count). The Morgan fingerprint density at radius 1 is 0.885 bits per heavy atom. The van der Waals surface area contributed by atoms with Crippen LogP contribution in [0.5, 0.6) is 0 Å². The Kier molecular flexibility index (Phi) is 11.4. The lowest BCUT2D eigenvalue weighted by Crippen LogP contribution is -2.45. The summed E-state index contributed by atoms with van der Waals surface area (Å²) in [5, 5.41) is 9.39. The first-order valence-electron chi connectivity index (χ1n) is 10.4. The van der Waals surface area contributed by atoms with Crippen LogP contribution in [0.4, 0.5) is 0 Å². The highest BCUT2D eigenvalue weighted by Gasteiger charge is 2.57. The maximum atomic E-state index is 12.2. The lowest BCUT2D eigenvalue weighted by molar-refractivity contribution is -0.155. The lowest BCUT2D eigenvalue weighted by atomic mass is 9.79. The van der Waals surface area contributed by atoms with Crippen molar-refractivity contribution in [2.24, 2.45) is 5.41 Å². The summed E-state index contributed by atoms with van der Waals surface area (Å²) in [4.78, 5) is 35.7. The van der Waals surface area contributed by atoms with Crippen LogP contribution in [0.15, 0.2) is 0 Å². The van der Waals surface area contributed by atoms with Gasteiger partial charge in [0.2, 0.25) is 5.41 Å². The molecule has 1 N–H and O–H groups in total. The molecule has 0 aromatic carbocycles. The van der Waals surface area contributed by atoms with Gasteiger partial charge >= 0.3 is 5.97 Å². The van der Waals surface area contributed by atoms with Gasteiger partial charge in [0.15, 0.2) is 18.2 Å². The summed E-state index contributed by atoms with van der Waals surface area (Å²) in [6.07, 6.45) is 15.9. The summed E-state index contributed by atoms with van der Waals surface area (Å²) in [6.45, 7) is 1.06. The summed E-state index contributed by atoms with van der Waals surface area (Å²) in [5.74, 6) is -1.98. The number of aliphatic hydroxyl groups is 1. The number of Topliss-reactive ketones (excluding diaryl/α,β-unsaturated/α-hetero) is 2. The zero-order valence-corrected chi connectivity index (χ0v) is 16.4. The van der Waals surface area contributed by atoms with Gasteiger partial charge in [-0.05, 0) is 6.42 Å². The molecule has 1 saturated heterocycles. The molecule has 0 aliphatic carbocycles. The fourth-order valence-electron chi connectivity index (χ4n) is 3.52. The van der Waals surface area contributed by atoms with E-state index in [-0.39, 0.29) is 6.42 Å². The van der Waals surface area contributed by atoms with Crippen LogP contribution in [0.25, 0.3) is 0 Å². The van der Waals surface area contributed by atoms with Gasteiger partial charge in [-0.3, -0.25) is 14.4 Å². The lowest BCUT2D eigenvalue weighted by Gasteiger charge is -2.18. The van der Waals surface area contributed by atoms with Gasteiger partial charge in [0, 0.05) is 6.42 Å². The monoisotopic (exact) mass is 368 g/mol. The molecule has 1 atom stereocenters. The number of cyclic esters (lactones) is 1. The van der Waals surface area contributed by atoms with Crippen molar-refractivity contribution in [3.8, 4) is 0 Å². The van der Waals surface area contributed by atoms with Crippen LogP contribution in [0.1, 0.15) is 96.8 Å². The first-order chi connectivity index (χ1) is 12.6. The molecule has 150 valence electrons. The van der Waals surface area contributed by atoms with Gasteiger partial charge in [-0.1, -0.05) is 84.0 Å². The first kappa shape index (κ1) is 22.8. The fraction of sp³-hybridized carbons (Fsp3) is 0.857. The van der Waals surface area contributed by atoms with E-state index in [4.69, 9.17) is 0 Å². The molecule has 0 bridgehead atoms. The van der Waals surface area contributed by atoms with E-state index in [0.717, 1.165) is 19.3 Å². The van der Waals surface area contributed by atoms with Crippen LogP contribution >= 0.6 is 0 Å². The Labute approximate surface area is 157 Å². The molecule has 5 nitrogen and oxygen atoms in total. The van der Waals surface area contributed by atoms with Crippen molar-refractivity contribution in [2.75, 3.05) is 13.2 Å². The number of aliphatic hydroxyl groups excluding tert-OH is 1. The van der Waals surface area contributed by atoms with E-state index >= 15 is 0 Å². The number of rotatable bonds is 16. The van der Waals surface area contributed by atoms with Crippen LogP contribution in [0.3, 0.4) is 0 Å². The van der Waals surface area contributed by atoms with Crippen LogP contribution in [0.2, 0.25) is 0 Å². The summed E-state index contributed by atoms with van der Waals surface area (Å²) in [7, 11) is 0. The Hall–Kier alpha value is -1.23. The Morgan fingerprint density at radius 2 is 1.35 bits per heavy atom. The second-order valence-corrected chi connectivity index (χ2v) is 7.48. The molecule has 0 aromatic rings. The van der Waals surface area contributed by atoms with Gasteiger partial charge in [-0.2, -0.15) is 0 Å². The van der Waals surface area contributed by atoms with Gasteiger partial charge in [0.1, 0.15) is 0 Å². The van der Waals surface area contributed by atoms with E-state index in [9.17, 15) is 19.5 Å². The minimum atomic E-state index is -1.93. The minimum Gasteiger partial charge on any atom is -0.456 e. The Balaban J connectivity index is 2.01. The summed E-state index contributed by atoms with van der Waals surface area (Å²) < 4.78 is 4.64. The number of esters is 1. The van der Waals surface area contributed by atoms with Crippen LogP contribution in [0, 0.1) is 5.41 Å². The van der Waals surface area contributed by atoms with E-state index < -0.39 is 36.2 Å². The van der Waals surface area contributed by atoms with Gasteiger partial charge in [0.05, 0.1) is 6.61 Å². The average Bonchev–Trinajstić information content (AvgIpc) is 2.93. The summed E-state index contributed by atoms with van der Waals surface area (Å²) in [5.41, 5.74) is -1.93. The van der Waals surface area contributed by atoms with Gasteiger partial charge in [0.25, 0.3) is 0 Å². The highest BCUT2D eigenvalue weighted by Crippen LogP contribution is 2.29. The molecular formula is C21H36O5. The normalized spacial score (nSPS) is 19.8. The van der Waals surface area contributed by atoms with Crippen LogP contribution in [-0.2, 0) is 19.1 Å². The van der Waals surface area contributed by atoms with Crippen molar-refractivity contribution in [3.63, 3.8) is 0 Å². The predicted octanol–water partition coefficient (Wildman–Crippen LogP) is 4.14. The number of hydrogen-bond donors (Lipinski definition) is 1. The third-order valence-electron chi connectivity index (χ3n) is 5.38. The second-order valence-electron chi connectivity index (χ2n) is 7.48. The molecule has 26 heavy (non-hydrogen) atoms. The predicted molar refractivity (Wildman–Crippen MR) is 101 cm³/mol.